The fraction of sp³-hybridized carbons (Fsp3) is 0.822. The van der Waals surface area contributed by atoms with Gasteiger partial charge in [-0.05, 0) is 72.2 Å². The van der Waals surface area contributed by atoms with Gasteiger partial charge in [0.1, 0.15) is 0 Å². The lowest BCUT2D eigenvalue weighted by atomic mass is 9.68. The monoisotopic (exact) mass is 713 g/mol. The zero-order chi connectivity index (χ0) is 34.8. The lowest BCUT2D eigenvalue weighted by Crippen LogP contribution is -2.39. The summed E-state index contributed by atoms with van der Waals surface area (Å²) in [6.07, 6.45) is 39.3. The van der Waals surface area contributed by atoms with Gasteiger partial charge in [0, 0.05) is 20.0 Å². The van der Waals surface area contributed by atoms with Crippen molar-refractivity contribution in [3.63, 3.8) is 0 Å². The lowest BCUT2D eigenvalue weighted by Gasteiger charge is -2.35. The first-order chi connectivity index (χ1) is 23.3. The summed E-state index contributed by atoms with van der Waals surface area (Å²) in [7, 11) is -1.44. The van der Waals surface area contributed by atoms with E-state index in [1.165, 1.54) is 180 Å². The predicted octanol–water partition coefficient (Wildman–Crippen LogP) is 16.2. The van der Waals surface area contributed by atoms with Crippen LogP contribution in [0.2, 0.25) is 19.6 Å². The molecular formula is C45H80S2Si. The standard InChI is InChI=1S/C45H80S2Si/c1-9-13-17-19-21-23-25-27-29-31-33-38-37(5)46-42-40(38)45(35-15-11-3,36-16-12-4)41-39(44(47-43(41)42)48(6,7)8)34-32-30-28-26-24-22-20-18-14-10-2/h9-36H2,1-8H3. The van der Waals surface area contributed by atoms with Gasteiger partial charge in [0.15, 0.2) is 0 Å². The van der Waals surface area contributed by atoms with Crippen molar-refractivity contribution in [2.24, 2.45) is 0 Å². The van der Waals surface area contributed by atoms with Gasteiger partial charge in [-0.2, -0.15) is 0 Å². The summed E-state index contributed by atoms with van der Waals surface area (Å²) < 4.78 is 1.86. The Balaban J connectivity index is 1.81. The maximum Gasteiger partial charge on any atom is 0.0908 e. The Morgan fingerprint density at radius 1 is 0.438 bits per heavy atom. The minimum atomic E-state index is -1.44. The van der Waals surface area contributed by atoms with Crippen molar-refractivity contribution in [3.8, 4) is 9.75 Å². The molecule has 0 radical (unpaired) electrons. The molecule has 1 aliphatic carbocycles. The van der Waals surface area contributed by atoms with Gasteiger partial charge in [0.2, 0.25) is 0 Å². The Bertz CT molecular complexity index is 1140. The van der Waals surface area contributed by atoms with Crippen LogP contribution < -0.4 is 4.50 Å². The van der Waals surface area contributed by atoms with E-state index < -0.39 is 8.07 Å². The summed E-state index contributed by atoms with van der Waals surface area (Å²) in [4.78, 5) is 5.13. The molecule has 0 unspecified atom stereocenters. The molecule has 3 rings (SSSR count). The number of hydrogen-bond donors (Lipinski definition) is 0. The second-order valence-electron chi connectivity index (χ2n) is 16.9. The van der Waals surface area contributed by atoms with Crippen molar-refractivity contribution in [2.75, 3.05) is 0 Å². The zero-order valence-electron chi connectivity index (χ0n) is 33.6. The van der Waals surface area contributed by atoms with E-state index in [0.29, 0.717) is 0 Å². The molecule has 0 nitrogen and oxygen atoms in total. The van der Waals surface area contributed by atoms with Crippen LogP contribution in [0.3, 0.4) is 0 Å². The van der Waals surface area contributed by atoms with Crippen molar-refractivity contribution < 1.29 is 0 Å². The van der Waals surface area contributed by atoms with E-state index in [9.17, 15) is 0 Å². The number of rotatable bonds is 29. The Kier molecular flexibility index (Phi) is 19.7. The van der Waals surface area contributed by atoms with Crippen LogP contribution in [0.1, 0.15) is 222 Å². The third-order valence-corrected chi connectivity index (χ3v) is 17.7. The number of unbranched alkanes of at least 4 members (excludes halogenated alkanes) is 20. The second kappa shape index (κ2) is 22.5. The first-order valence-electron chi connectivity index (χ1n) is 21.6. The van der Waals surface area contributed by atoms with Gasteiger partial charge in [-0.3, -0.25) is 0 Å². The van der Waals surface area contributed by atoms with Crippen molar-refractivity contribution >= 4 is 35.2 Å². The van der Waals surface area contributed by atoms with E-state index >= 15 is 0 Å². The summed E-state index contributed by atoms with van der Waals surface area (Å²) in [5.41, 5.74) is 7.68. The van der Waals surface area contributed by atoms with Crippen LogP contribution >= 0.6 is 22.7 Å². The topological polar surface area (TPSA) is 0 Å². The van der Waals surface area contributed by atoms with Gasteiger partial charge in [0.05, 0.1) is 8.07 Å². The molecule has 0 saturated heterocycles. The van der Waals surface area contributed by atoms with E-state index in [0.717, 1.165) is 0 Å². The van der Waals surface area contributed by atoms with Crippen LogP contribution in [0.25, 0.3) is 9.75 Å². The van der Waals surface area contributed by atoms with E-state index in [1.54, 1.807) is 20.2 Å². The minimum Gasteiger partial charge on any atom is -0.143 e. The normalized spacial score (nSPS) is 13.8. The van der Waals surface area contributed by atoms with Crippen molar-refractivity contribution in [1.82, 2.24) is 0 Å². The second-order valence-corrected chi connectivity index (χ2v) is 24.5. The van der Waals surface area contributed by atoms with E-state index in [4.69, 9.17) is 0 Å². The Morgan fingerprint density at radius 3 is 1.21 bits per heavy atom. The van der Waals surface area contributed by atoms with Gasteiger partial charge in [0.25, 0.3) is 0 Å². The van der Waals surface area contributed by atoms with Gasteiger partial charge in [-0.1, -0.05) is 189 Å². The Morgan fingerprint density at radius 2 is 0.792 bits per heavy atom. The first kappa shape index (κ1) is 42.0. The largest absolute Gasteiger partial charge is 0.143 e. The molecule has 0 N–H and O–H groups in total. The van der Waals surface area contributed by atoms with Crippen LogP contribution in [-0.2, 0) is 18.3 Å². The highest BCUT2D eigenvalue weighted by Crippen LogP contribution is 2.61. The molecule has 0 bridgehead atoms. The first-order valence-corrected chi connectivity index (χ1v) is 26.7. The van der Waals surface area contributed by atoms with Crippen molar-refractivity contribution in [1.29, 1.82) is 0 Å². The van der Waals surface area contributed by atoms with Gasteiger partial charge < -0.3 is 0 Å². The van der Waals surface area contributed by atoms with Crippen LogP contribution in [0, 0.1) is 6.92 Å². The molecule has 3 heteroatoms. The molecule has 0 spiro atoms. The highest BCUT2D eigenvalue weighted by Gasteiger charge is 2.49. The van der Waals surface area contributed by atoms with Crippen LogP contribution in [-0.4, -0.2) is 8.07 Å². The minimum absolute atomic E-state index is 0.275. The molecule has 48 heavy (non-hydrogen) atoms. The Labute approximate surface area is 310 Å². The van der Waals surface area contributed by atoms with Crippen LogP contribution in [0.4, 0.5) is 0 Å². The summed E-state index contributed by atoms with van der Waals surface area (Å²) in [5, 5.41) is 0. The molecular weight excluding hydrogens is 633 g/mol. The van der Waals surface area contributed by atoms with E-state index in [-0.39, 0.29) is 5.41 Å². The molecule has 2 aromatic rings. The predicted molar refractivity (Wildman–Crippen MR) is 226 cm³/mol. The van der Waals surface area contributed by atoms with Crippen LogP contribution in [0.5, 0.6) is 0 Å². The summed E-state index contributed by atoms with van der Waals surface area (Å²) in [6, 6.07) is 0. The average molecular weight is 713 g/mol. The number of thiophene rings is 2. The van der Waals surface area contributed by atoms with Gasteiger partial charge >= 0.3 is 0 Å². The van der Waals surface area contributed by atoms with Gasteiger partial charge in [-0.25, -0.2) is 0 Å². The van der Waals surface area contributed by atoms with Crippen LogP contribution in [0.15, 0.2) is 0 Å². The van der Waals surface area contributed by atoms with E-state index in [1.807, 2.05) is 21.2 Å². The maximum absolute atomic E-state index is 2.63. The molecule has 0 saturated carbocycles. The fourth-order valence-electron chi connectivity index (χ4n) is 8.81. The lowest BCUT2D eigenvalue weighted by molar-refractivity contribution is 0.409. The van der Waals surface area contributed by atoms with Crippen molar-refractivity contribution in [2.45, 2.75) is 239 Å². The maximum atomic E-state index is 2.63. The summed E-state index contributed by atoms with van der Waals surface area (Å²) in [5.74, 6) is 0. The number of hydrogen-bond acceptors (Lipinski definition) is 2. The molecule has 2 heterocycles. The number of aryl methyl sites for hydroxylation is 1. The zero-order valence-corrected chi connectivity index (χ0v) is 36.2. The molecule has 1 aliphatic rings. The number of fused-ring (bicyclic) bond motifs is 3. The average Bonchev–Trinajstić information content (AvgIpc) is 3.69. The molecule has 0 aromatic carbocycles. The molecule has 0 atom stereocenters. The smallest absolute Gasteiger partial charge is 0.0908 e. The molecule has 0 fully saturated rings. The molecule has 276 valence electrons. The quantitative estimate of drug-likeness (QED) is 0.0582. The third-order valence-electron chi connectivity index (χ3n) is 11.5. The SMILES string of the molecule is CCCCCCCCCCCCc1c(C)sc2c1C(CCCC)(CCCC)c1c-2sc([Si](C)(C)C)c1CCCCCCCCCCCC. The molecule has 0 amide bonds. The van der Waals surface area contributed by atoms with Gasteiger partial charge in [-0.15, -0.1) is 22.7 Å². The fourth-order valence-corrected chi connectivity index (χ4v) is 14.1. The Hall–Kier alpha value is -0.383. The summed E-state index contributed by atoms with van der Waals surface area (Å²) >= 11 is 4.49. The van der Waals surface area contributed by atoms with Crippen molar-refractivity contribution in [3.05, 3.63) is 27.1 Å². The molecule has 0 aliphatic heterocycles. The highest BCUT2D eigenvalue weighted by atomic mass is 32.1. The third kappa shape index (κ3) is 11.8. The molecule has 2 aromatic heterocycles. The highest BCUT2D eigenvalue weighted by molar-refractivity contribution is 7.31. The summed E-state index contributed by atoms with van der Waals surface area (Å²) in [6.45, 7) is 19.9. The van der Waals surface area contributed by atoms with E-state index in [2.05, 4.69) is 76.9 Å².